The predicted octanol–water partition coefficient (Wildman–Crippen LogP) is -2.72. The van der Waals surface area contributed by atoms with Gasteiger partial charge in [0.2, 0.25) is 5.91 Å². The van der Waals surface area contributed by atoms with Crippen LogP contribution < -0.4 is 11.1 Å². The van der Waals surface area contributed by atoms with Crippen LogP contribution in [0.5, 0.6) is 0 Å². The molecule has 0 aromatic carbocycles. The second-order valence-corrected chi connectivity index (χ2v) is 6.22. The maximum absolute atomic E-state index is 11.5. The molecule has 138 valence electrons. The Labute approximate surface area is 138 Å². The van der Waals surface area contributed by atoms with Crippen LogP contribution >= 0.6 is 0 Å². The summed E-state index contributed by atoms with van der Waals surface area (Å²) in [5.74, 6) is -3.30. The quantitative estimate of drug-likeness (QED) is 0.316. The van der Waals surface area contributed by atoms with Gasteiger partial charge in [0.15, 0.2) is 5.79 Å². The van der Waals surface area contributed by atoms with Gasteiger partial charge in [-0.3, -0.25) is 9.59 Å². The van der Waals surface area contributed by atoms with Gasteiger partial charge >= 0.3 is 5.97 Å². The van der Waals surface area contributed by atoms with E-state index in [0.717, 1.165) is 0 Å². The van der Waals surface area contributed by atoms with Crippen molar-refractivity contribution in [1.29, 1.82) is 0 Å². The van der Waals surface area contributed by atoms with Crippen molar-refractivity contribution in [3.8, 4) is 0 Å². The van der Waals surface area contributed by atoms with Gasteiger partial charge in [0, 0.05) is 13.3 Å². The predicted molar refractivity (Wildman–Crippen MR) is 78.6 cm³/mol. The summed E-state index contributed by atoms with van der Waals surface area (Å²) >= 11 is 0. The van der Waals surface area contributed by atoms with Gasteiger partial charge in [0.25, 0.3) is 0 Å². The third-order valence-electron chi connectivity index (χ3n) is 4.49. The molecule has 0 radical (unpaired) electrons. The molecule has 24 heavy (non-hydrogen) atoms. The number of nitrogens with one attached hydrogen (secondary N) is 1. The third kappa shape index (κ3) is 3.53. The summed E-state index contributed by atoms with van der Waals surface area (Å²) in [5, 5.41) is 41.3. The van der Waals surface area contributed by atoms with E-state index in [1.807, 2.05) is 0 Å². The van der Waals surface area contributed by atoms with Crippen LogP contribution in [0.15, 0.2) is 0 Å². The number of nitrogens with two attached hydrogens (primary N) is 1. The number of rotatable bonds is 4. The Morgan fingerprint density at radius 2 is 2.00 bits per heavy atom. The van der Waals surface area contributed by atoms with Crippen molar-refractivity contribution in [1.82, 2.24) is 5.32 Å². The number of ether oxygens (including phenoxy) is 2. The van der Waals surface area contributed by atoms with E-state index < -0.39 is 60.8 Å². The van der Waals surface area contributed by atoms with Gasteiger partial charge in [-0.1, -0.05) is 0 Å². The normalized spacial score (nSPS) is 41.0. The zero-order chi connectivity index (χ0) is 18.1. The second kappa shape index (κ2) is 7.30. The van der Waals surface area contributed by atoms with Gasteiger partial charge in [0.1, 0.15) is 30.4 Å². The first-order valence-corrected chi connectivity index (χ1v) is 7.80. The molecule has 0 saturated carbocycles. The molecule has 2 fully saturated rings. The van der Waals surface area contributed by atoms with Gasteiger partial charge < -0.3 is 41.0 Å². The Morgan fingerprint density at radius 1 is 1.33 bits per heavy atom. The smallest absolute Gasteiger partial charge is 0.323 e. The van der Waals surface area contributed by atoms with E-state index in [1.165, 1.54) is 6.92 Å². The van der Waals surface area contributed by atoms with Crippen molar-refractivity contribution in [2.75, 3.05) is 6.61 Å². The lowest BCUT2D eigenvalue weighted by molar-refractivity contribution is -0.360. The molecular formula is C14H24N2O8. The summed E-state index contributed by atoms with van der Waals surface area (Å²) in [6.45, 7) is 0.653. The summed E-state index contributed by atoms with van der Waals surface area (Å²) in [6, 6.07) is -2.43. The van der Waals surface area contributed by atoms with Gasteiger partial charge in [0.05, 0.1) is 12.7 Å². The maximum Gasteiger partial charge on any atom is 0.323 e. The third-order valence-corrected chi connectivity index (χ3v) is 4.49. The van der Waals surface area contributed by atoms with Crippen LogP contribution in [-0.4, -0.2) is 81.2 Å². The lowest BCUT2D eigenvalue weighted by Crippen LogP contribution is -2.72. The molecule has 2 aliphatic heterocycles. The number of aliphatic carboxylic acids is 1. The van der Waals surface area contributed by atoms with E-state index in [-0.39, 0.29) is 6.42 Å². The number of carbonyl (C=O) groups excluding carboxylic acids is 1. The first-order valence-electron chi connectivity index (χ1n) is 7.80. The van der Waals surface area contributed by atoms with E-state index in [2.05, 4.69) is 5.32 Å². The number of carbonyl (C=O) groups is 2. The van der Waals surface area contributed by atoms with Crippen molar-refractivity contribution in [3.05, 3.63) is 0 Å². The average molecular weight is 348 g/mol. The van der Waals surface area contributed by atoms with E-state index in [9.17, 15) is 24.9 Å². The number of aliphatic hydroxyl groups is 3. The first kappa shape index (κ1) is 19.0. The van der Waals surface area contributed by atoms with Crippen LogP contribution in [0.1, 0.15) is 26.2 Å². The SMILES string of the molecule is CC(=O)N[C@@H]1[C@@H](O)[C@@H](O)[C@@H](CO)O[C@@]12CCC[C@H]([C@H](N)C(=O)O)O2. The van der Waals surface area contributed by atoms with Gasteiger partial charge in [-0.2, -0.15) is 0 Å². The Kier molecular flexibility index (Phi) is 5.78. The Bertz CT molecular complexity index is 489. The number of amides is 1. The maximum atomic E-state index is 11.5. The van der Waals surface area contributed by atoms with Gasteiger partial charge in [-0.15, -0.1) is 0 Å². The number of carboxylic acid groups (broad SMARTS) is 1. The highest BCUT2D eigenvalue weighted by molar-refractivity contribution is 5.74. The molecule has 10 heteroatoms. The van der Waals surface area contributed by atoms with E-state index in [4.69, 9.17) is 20.3 Å². The molecule has 2 heterocycles. The zero-order valence-corrected chi connectivity index (χ0v) is 13.3. The molecule has 0 aliphatic carbocycles. The summed E-state index contributed by atoms with van der Waals surface area (Å²) < 4.78 is 11.5. The fourth-order valence-corrected chi connectivity index (χ4v) is 3.29. The lowest BCUT2D eigenvalue weighted by atomic mass is 9.84. The van der Waals surface area contributed by atoms with Crippen molar-refractivity contribution < 1.29 is 39.5 Å². The van der Waals surface area contributed by atoms with Gasteiger partial charge in [-0.05, 0) is 12.8 Å². The van der Waals surface area contributed by atoms with Gasteiger partial charge in [-0.25, -0.2) is 0 Å². The van der Waals surface area contributed by atoms with Crippen LogP contribution in [0.4, 0.5) is 0 Å². The van der Waals surface area contributed by atoms with Crippen LogP contribution in [0.3, 0.4) is 0 Å². The molecule has 0 aromatic heterocycles. The van der Waals surface area contributed by atoms with Crippen molar-refractivity contribution in [3.63, 3.8) is 0 Å². The first-order chi connectivity index (χ1) is 11.2. The van der Waals surface area contributed by atoms with Crippen LogP contribution in [-0.2, 0) is 19.1 Å². The van der Waals surface area contributed by atoms with E-state index in [1.54, 1.807) is 0 Å². The molecule has 2 saturated heterocycles. The summed E-state index contributed by atoms with van der Waals surface area (Å²) in [7, 11) is 0. The molecule has 7 atom stereocenters. The molecule has 2 aliphatic rings. The molecule has 2 rings (SSSR count). The molecule has 0 unspecified atom stereocenters. The largest absolute Gasteiger partial charge is 0.480 e. The summed E-state index contributed by atoms with van der Waals surface area (Å²) in [5.41, 5.74) is 5.63. The molecule has 1 spiro atoms. The highest BCUT2D eigenvalue weighted by Gasteiger charge is 2.57. The van der Waals surface area contributed by atoms with Crippen molar-refractivity contribution in [2.24, 2.45) is 5.73 Å². The molecule has 7 N–H and O–H groups in total. The zero-order valence-electron chi connectivity index (χ0n) is 13.3. The highest BCUT2D eigenvalue weighted by Crippen LogP contribution is 2.40. The highest BCUT2D eigenvalue weighted by atomic mass is 16.7. The topological polar surface area (TPSA) is 172 Å². The molecule has 0 bridgehead atoms. The molecule has 0 aromatic rings. The Balaban J connectivity index is 2.32. The van der Waals surface area contributed by atoms with E-state index in [0.29, 0.717) is 12.8 Å². The number of carboxylic acids is 1. The average Bonchev–Trinajstić information content (AvgIpc) is 2.54. The van der Waals surface area contributed by atoms with Crippen LogP contribution in [0, 0.1) is 0 Å². The molecular weight excluding hydrogens is 324 g/mol. The minimum atomic E-state index is -1.58. The Hall–Kier alpha value is -1.30. The number of hydrogen-bond donors (Lipinski definition) is 6. The van der Waals surface area contributed by atoms with Crippen LogP contribution in [0.25, 0.3) is 0 Å². The summed E-state index contributed by atoms with van der Waals surface area (Å²) in [4.78, 5) is 22.6. The summed E-state index contributed by atoms with van der Waals surface area (Å²) in [6.07, 6.45) is -3.84. The van der Waals surface area contributed by atoms with E-state index >= 15 is 0 Å². The standard InChI is InChI=1S/C14H24N2O8/c1-6(18)16-12-11(20)10(19)8(5-17)24-14(12)4-2-3-7(23-14)9(15)13(21)22/h7-12,17,19-20H,2-5,15H2,1H3,(H,16,18)(H,21,22)/t7-,8-,9+,10+,11+,12-,14+/m1/s1. The number of aliphatic hydroxyl groups excluding tert-OH is 3. The van der Waals surface area contributed by atoms with Crippen molar-refractivity contribution >= 4 is 11.9 Å². The minimum absolute atomic E-state index is 0.237. The lowest BCUT2D eigenvalue weighted by Gasteiger charge is -2.53. The fourth-order valence-electron chi connectivity index (χ4n) is 3.29. The Morgan fingerprint density at radius 3 is 2.54 bits per heavy atom. The molecule has 1 amide bonds. The second-order valence-electron chi connectivity index (χ2n) is 6.22. The molecule has 10 nitrogen and oxygen atoms in total. The van der Waals surface area contributed by atoms with Crippen molar-refractivity contribution in [2.45, 2.75) is 68.5 Å². The monoisotopic (exact) mass is 348 g/mol. The minimum Gasteiger partial charge on any atom is -0.480 e. The fraction of sp³-hybridized carbons (Fsp3) is 0.857. The number of hydrogen-bond acceptors (Lipinski definition) is 8. The van der Waals surface area contributed by atoms with Crippen LogP contribution in [0.2, 0.25) is 0 Å².